The smallest absolute Gasteiger partial charge is 0.328 e. The summed E-state index contributed by atoms with van der Waals surface area (Å²) < 4.78 is 10.3. The fraction of sp³-hybridized carbons (Fsp3) is 0.200. The van der Waals surface area contributed by atoms with Crippen LogP contribution in [0.3, 0.4) is 0 Å². The SMILES string of the molecule is COC(=O)C(C)N1C(=O)COc2ccc(-c3csc(-c4ccccn4)n3)cc21. The third-order valence-electron chi connectivity index (χ3n) is 4.45. The highest BCUT2D eigenvalue weighted by atomic mass is 32.1. The number of aromatic nitrogens is 2. The quantitative estimate of drug-likeness (QED) is 0.631. The van der Waals surface area contributed by atoms with E-state index in [1.165, 1.54) is 23.3 Å². The van der Waals surface area contributed by atoms with E-state index in [1.807, 2.05) is 35.7 Å². The van der Waals surface area contributed by atoms with E-state index in [9.17, 15) is 9.59 Å². The second-order valence-corrected chi connectivity index (χ2v) is 7.05. The van der Waals surface area contributed by atoms with Crippen molar-refractivity contribution in [2.75, 3.05) is 18.6 Å². The van der Waals surface area contributed by atoms with Crippen LogP contribution in [0.25, 0.3) is 22.0 Å². The topological polar surface area (TPSA) is 81.6 Å². The summed E-state index contributed by atoms with van der Waals surface area (Å²) in [6.45, 7) is 1.52. The van der Waals surface area contributed by atoms with Crippen LogP contribution in [0.4, 0.5) is 5.69 Å². The van der Waals surface area contributed by atoms with Gasteiger partial charge in [0.05, 0.1) is 24.2 Å². The first-order valence-corrected chi connectivity index (χ1v) is 9.50. The van der Waals surface area contributed by atoms with Gasteiger partial charge in [0.1, 0.15) is 16.8 Å². The molecule has 8 heteroatoms. The van der Waals surface area contributed by atoms with Gasteiger partial charge in [-0.1, -0.05) is 6.07 Å². The molecule has 3 heterocycles. The van der Waals surface area contributed by atoms with Crippen molar-refractivity contribution in [3.05, 3.63) is 48.0 Å². The highest BCUT2D eigenvalue weighted by Crippen LogP contribution is 2.38. The Morgan fingerprint density at radius 1 is 1.29 bits per heavy atom. The number of carbonyl (C=O) groups is 2. The molecule has 0 aliphatic carbocycles. The van der Waals surface area contributed by atoms with Crippen molar-refractivity contribution in [2.45, 2.75) is 13.0 Å². The van der Waals surface area contributed by atoms with Crippen LogP contribution >= 0.6 is 11.3 Å². The molecule has 1 aliphatic heterocycles. The predicted octanol–water partition coefficient (Wildman–Crippen LogP) is 3.16. The molecule has 0 saturated carbocycles. The molecule has 4 rings (SSSR count). The van der Waals surface area contributed by atoms with Crippen LogP contribution in [-0.2, 0) is 14.3 Å². The minimum atomic E-state index is -0.755. The normalized spacial score (nSPS) is 14.2. The summed E-state index contributed by atoms with van der Waals surface area (Å²) in [5.41, 5.74) is 2.91. The fourth-order valence-corrected chi connectivity index (χ4v) is 3.85. The molecular formula is C20H17N3O4S. The first kappa shape index (κ1) is 18.1. The Balaban J connectivity index is 1.72. The first-order valence-electron chi connectivity index (χ1n) is 8.62. The molecule has 1 aromatic carbocycles. The van der Waals surface area contributed by atoms with Crippen molar-refractivity contribution in [3.8, 4) is 27.7 Å². The predicted molar refractivity (Wildman–Crippen MR) is 105 cm³/mol. The molecule has 1 aliphatic rings. The van der Waals surface area contributed by atoms with Gasteiger partial charge in [-0.2, -0.15) is 0 Å². The van der Waals surface area contributed by atoms with Gasteiger partial charge in [-0.3, -0.25) is 14.7 Å². The van der Waals surface area contributed by atoms with Crippen molar-refractivity contribution < 1.29 is 19.1 Å². The number of nitrogens with zero attached hydrogens (tertiary/aromatic N) is 3. The summed E-state index contributed by atoms with van der Waals surface area (Å²) in [5, 5.41) is 2.74. The second-order valence-electron chi connectivity index (χ2n) is 6.19. The number of pyridine rings is 1. The zero-order valence-electron chi connectivity index (χ0n) is 15.3. The van der Waals surface area contributed by atoms with Gasteiger partial charge >= 0.3 is 5.97 Å². The molecule has 0 bridgehead atoms. The molecule has 0 N–H and O–H groups in total. The lowest BCUT2D eigenvalue weighted by Gasteiger charge is -2.32. The molecular weight excluding hydrogens is 378 g/mol. The number of amides is 1. The van der Waals surface area contributed by atoms with Crippen LogP contribution in [0, 0.1) is 0 Å². The molecule has 28 heavy (non-hydrogen) atoms. The molecule has 1 unspecified atom stereocenters. The highest BCUT2D eigenvalue weighted by molar-refractivity contribution is 7.13. The van der Waals surface area contributed by atoms with Gasteiger partial charge in [-0.25, -0.2) is 9.78 Å². The highest BCUT2D eigenvalue weighted by Gasteiger charge is 2.34. The molecule has 0 spiro atoms. The summed E-state index contributed by atoms with van der Waals surface area (Å²) in [6, 6.07) is 10.4. The number of carbonyl (C=O) groups excluding carboxylic acids is 2. The van der Waals surface area contributed by atoms with Gasteiger partial charge in [0.25, 0.3) is 5.91 Å². The zero-order chi connectivity index (χ0) is 19.7. The number of rotatable bonds is 4. The first-order chi connectivity index (χ1) is 13.6. The summed E-state index contributed by atoms with van der Waals surface area (Å²) in [4.78, 5) is 34.8. The van der Waals surface area contributed by atoms with Gasteiger partial charge in [-0.05, 0) is 37.3 Å². The molecule has 1 amide bonds. The van der Waals surface area contributed by atoms with Gasteiger partial charge in [0.2, 0.25) is 0 Å². The maximum absolute atomic E-state index is 12.4. The Labute approximate surface area is 165 Å². The summed E-state index contributed by atoms with van der Waals surface area (Å²) in [6.07, 6.45) is 1.73. The number of thiazole rings is 1. The van der Waals surface area contributed by atoms with E-state index >= 15 is 0 Å². The maximum atomic E-state index is 12.4. The third-order valence-corrected chi connectivity index (χ3v) is 5.32. The van der Waals surface area contributed by atoms with Crippen LogP contribution in [0.5, 0.6) is 5.75 Å². The second kappa shape index (κ2) is 7.40. The van der Waals surface area contributed by atoms with Gasteiger partial charge < -0.3 is 9.47 Å². The number of methoxy groups -OCH3 is 1. The van der Waals surface area contributed by atoms with Gasteiger partial charge in [0.15, 0.2) is 6.61 Å². The average molecular weight is 395 g/mol. The number of anilines is 1. The van der Waals surface area contributed by atoms with Gasteiger partial charge in [-0.15, -0.1) is 11.3 Å². The molecule has 142 valence electrons. The minimum absolute atomic E-state index is 0.117. The Hall–Kier alpha value is -3.26. The van der Waals surface area contributed by atoms with Crippen LogP contribution in [0.2, 0.25) is 0 Å². The number of esters is 1. The minimum Gasteiger partial charge on any atom is -0.482 e. The van der Waals surface area contributed by atoms with E-state index in [1.54, 1.807) is 19.2 Å². The monoisotopic (exact) mass is 395 g/mol. The van der Waals surface area contributed by atoms with Crippen molar-refractivity contribution in [2.24, 2.45) is 0 Å². The Kier molecular flexibility index (Phi) is 4.79. The lowest BCUT2D eigenvalue weighted by Crippen LogP contribution is -2.48. The maximum Gasteiger partial charge on any atom is 0.328 e. The summed E-state index contributed by atoms with van der Waals surface area (Å²) >= 11 is 1.49. The largest absolute Gasteiger partial charge is 0.482 e. The van der Waals surface area contributed by atoms with Crippen molar-refractivity contribution >= 4 is 28.9 Å². The fourth-order valence-electron chi connectivity index (χ4n) is 3.04. The van der Waals surface area contributed by atoms with E-state index < -0.39 is 12.0 Å². The summed E-state index contributed by atoms with van der Waals surface area (Å²) in [5.74, 6) is -0.244. The van der Waals surface area contributed by atoms with Crippen LogP contribution in [0.15, 0.2) is 48.0 Å². The molecule has 7 nitrogen and oxygen atoms in total. The number of benzene rings is 1. The van der Waals surface area contributed by atoms with Crippen LogP contribution in [0.1, 0.15) is 6.92 Å². The van der Waals surface area contributed by atoms with E-state index in [0.29, 0.717) is 11.4 Å². The Morgan fingerprint density at radius 2 is 2.14 bits per heavy atom. The Morgan fingerprint density at radius 3 is 2.89 bits per heavy atom. The molecule has 2 aromatic heterocycles. The number of fused-ring (bicyclic) bond motifs is 1. The Bertz CT molecular complexity index is 1030. The molecule has 1 atom stereocenters. The average Bonchev–Trinajstić information content (AvgIpc) is 3.23. The van der Waals surface area contributed by atoms with E-state index in [2.05, 4.69) is 9.97 Å². The van der Waals surface area contributed by atoms with Crippen molar-refractivity contribution in [1.82, 2.24) is 9.97 Å². The number of ether oxygens (including phenoxy) is 2. The lowest BCUT2D eigenvalue weighted by atomic mass is 10.1. The van der Waals surface area contributed by atoms with E-state index in [0.717, 1.165) is 22.0 Å². The standard InChI is InChI=1S/C20H17N3O4S/c1-12(20(25)26-2)23-16-9-13(6-7-17(16)27-10-18(23)24)15-11-28-19(22-15)14-5-3-4-8-21-14/h3-9,11-12H,10H2,1-2H3. The molecule has 3 aromatic rings. The number of hydrogen-bond donors (Lipinski definition) is 0. The zero-order valence-corrected chi connectivity index (χ0v) is 16.1. The third kappa shape index (κ3) is 3.22. The van der Waals surface area contributed by atoms with Crippen LogP contribution < -0.4 is 9.64 Å². The lowest BCUT2D eigenvalue weighted by molar-refractivity contribution is -0.143. The van der Waals surface area contributed by atoms with E-state index in [4.69, 9.17) is 9.47 Å². The van der Waals surface area contributed by atoms with Crippen molar-refractivity contribution in [1.29, 1.82) is 0 Å². The van der Waals surface area contributed by atoms with Gasteiger partial charge in [0, 0.05) is 17.1 Å². The number of hydrogen-bond acceptors (Lipinski definition) is 7. The molecule has 0 saturated heterocycles. The van der Waals surface area contributed by atoms with Crippen molar-refractivity contribution in [3.63, 3.8) is 0 Å². The molecule has 0 radical (unpaired) electrons. The van der Waals surface area contributed by atoms with Crippen LogP contribution in [-0.4, -0.2) is 41.6 Å². The summed E-state index contributed by atoms with van der Waals surface area (Å²) in [7, 11) is 1.30. The molecule has 0 fully saturated rings. The van der Waals surface area contributed by atoms with E-state index in [-0.39, 0.29) is 12.5 Å².